The molecule has 0 bridgehead atoms. The third-order valence-corrected chi connectivity index (χ3v) is 4.07. The van der Waals surface area contributed by atoms with Crippen LogP contribution in [-0.2, 0) is 23.0 Å². The highest BCUT2D eigenvalue weighted by Gasteiger charge is 2.14. The number of aromatic nitrogens is 2. The molecule has 1 heterocycles. The summed E-state index contributed by atoms with van der Waals surface area (Å²) in [5, 5.41) is 6.09. The fourth-order valence-electron chi connectivity index (χ4n) is 1.64. The highest BCUT2D eigenvalue weighted by molar-refractivity contribution is 7.89. The molecule has 0 fully saturated rings. The molecule has 0 radical (unpaired) electrons. The lowest BCUT2D eigenvalue weighted by atomic mass is 10.1. The van der Waals surface area contributed by atoms with Crippen LogP contribution in [0.3, 0.4) is 0 Å². The van der Waals surface area contributed by atoms with Crippen molar-refractivity contribution in [2.24, 2.45) is 5.73 Å². The first-order valence-electron chi connectivity index (χ1n) is 5.88. The average Bonchev–Trinajstić information content (AvgIpc) is 2.93. The average molecular weight is 280 g/mol. The Morgan fingerprint density at radius 3 is 2.47 bits per heavy atom. The smallest absolute Gasteiger partial charge is 0.243 e. The van der Waals surface area contributed by atoms with Crippen LogP contribution in [0.25, 0.3) is 0 Å². The lowest BCUT2D eigenvalue weighted by Gasteiger charge is -2.06. The van der Waals surface area contributed by atoms with Crippen molar-refractivity contribution in [2.75, 3.05) is 6.54 Å². The van der Waals surface area contributed by atoms with Gasteiger partial charge in [-0.05, 0) is 24.1 Å². The van der Waals surface area contributed by atoms with Gasteiger partial charge in [0.1, 0.15) is 4.90 Å². The van der Waals surface area contributed by atoms with Crippen molar-refractivity contribution in [1.29, 1.82) is 0 Å². The molecule has 2 rings (SSSR count). The number of H-pyrrole nitrogens is 1. The Hall–Kier alpha value is -1.70. The van der Waals surface area contributed by atoms with Crippen LogP contribution in [0.15, 0.2) is 41.6 Å². The summed E-state index contributed by atoms with van der Waals surface area (Å²) in [5.74, 6) is 0. The van der Waals surface area contributed by atoms with Gasteiger partial charge in [-0.2, -0.15) is 5.10 Å². The van der Waals surface area contributed by atoms with Crippen molar-refractivity contribution in [2.45, 2.75) is 17.9 Å². The van der Waals surface area contributed by atoms with Crippen molar-refractivity contribution < 1.29 is 8.42 Å². The number of sulfonamides is 1. The highest BCUT2D eigenvalue weighted by atomic mass is 32.2. The number of nitrogens with zero attached hydrogens (tertiary/aromatic N) is 1. The lowest BCUT2D eigenvalue weighted by Crippen LogP contribution is -2.22. The standard InChI is InChI=1S/C12H16N4O2S/c13-6-5-10-1-3-11(4-2-10)7-16-19(17,18)12-8-14-15-9-12/h1-4,8-9,16H,5-7,13H2,(H,14,15). The van der Waals surface area contributed by atoms with Crippen LogP contribution in [-0.4, -0.2) is 25.2 Å². The number of hydrogen-bond donors (Lipinski definition) is 3. The Bertz CT molecular complexity index is 606. The van der Waals surface area contributed by atoms with Gasteiger partial charge in [-0.25, -0.2) is 13.1 Å². The summed E-state index contributed by atoms with van der Waals surface area (Å²) in [4.78, 5) is 0.132. The topological polar surface area (TPSA) is 101 Å². The summed E-state index contributed by atoms with van der Waals surface area (Å²) >= 11 is 0. The van der Waals surface area contributed by atoms with E-state index < -0.39 is 10.0 Å². The summed E-state index contributed by atoms with van der Waals surface area (Å²) in [6, 6.07) is 7.69. The second-order valence-electron chi connectivity index (χ2n) is 4.11. The second kappa shape index (κ2) is 5.96. The minimum atomic E-state index is -3.50. The lowest BCUT2D eigenvalue weighted by molar-refractivity contribution is 0.581. The van der Waals surface area contributed by atoms with Crippen LogP contribution < -0.4 is 10.5 Å². The van der Waals surface area contributed by atoms with E-state index in [1.165, 1.54) is 12.4 Å². The first kappa shape index (κ1) is 13.7. The molecule has 0 unspecified atom stereocenters. The van der Waals surface area contributed by atoms with E-state index in [0.29, 0.717) is 6.54 Å². The minimum absolute atomic E-state index is 0.132. The Morgan fingerprint density at radius 1 is 1.21 bits per heavy atom. The van der Waals surface area contributed by atoms with Crippen LogP contribution in [0.1, 0.15) is 11.1 Å². The Kier molecular flexibility index (Phi) is 4.31. The van der Waals surface area contributed by atoms with Crippen molar-refractivity contribution in [3.05, 3.63) is 47.8 Å². The zero-order valence-electron chi connectivity index (χ0n) is 10.3. The zero-order chi connectivity index (χ0) is 13.7. The molecule has 1 aromatic heterocycles. The first-order chi connectivity index (χ1) is 9.12. The Morgan fingerprint density at radius 2 is 1.89 bits per heavy atom. The van der Waals surface area contributed by atoms with E-state index in [9.17, 15) is 8.42 Å². The maximum Gasteiger partial charge on any atom is 0.243 e. The number of nitrogens with two attached hydrogens (primary N) is 1. The van der Waals surface area contributed by atoms with Gasteiger partial charge in [0, 0.05) is 12.7 Å². The summed E-state index contributed by atoms with van der Waals surface area (Å²) < 4.78 is 26.2. The third kappa shape index (κ3) is 3.63. The van der Waals surface area contributed by atoms with E-state index in [-0.39, 0.29) is 11.4 Å². The molecule has 1 aromatic carbocycles. The van der Waals surface area contributed by atoms with Gasteiger partial charge in [0.2, 0.25) is 10.0 Å². The van der Waals surface area contributed by atoms with Gasteiger partial charge in [-0.1, -0.05) is 24.3 Å². The molecule has 7 heteroatoms. The molecule has 0 aliphatic heterocycles. The maximum atomic E-state index is 11.8. The van der Waals surface area contributed by atoms with Gasteiger partial charge in [-0.15, -0.1) is 0 Å². The summed E-state index contributed by atoms with van der Waals surface area (Å²) in [5.41, 5.74) is 7.51. The monoisotopic (exact) mass is 280 g/mol. The van der Waals surface area contributed by atoms with Crippen LogP contribution in [0.4, 0.5) is 0 Å². The molecule has 0 saturated heterocycles. The number of hydrogen-bond acceptors (Lipinski definition) is 4. The van der Waals surface area contributed by atoms with Gasteiger partial charge in [0.25, 0.3) is 0 Å². The maximum absolute atomic E-state index is 11.8. The van der Waals surface area contributed by atoms with Crippen LogP contribution in [0.5, 0.6) is 0 Å². The molecule has 0 aliphatic carbocycles. The highest BCUT2D eigenvalue weighted by Crippen LogP contribution is 2.08. The zero-order valence-corrected chi connectivity index (χ0v) is 11.2. The molecule has 19 heavy (non-hydrogen) atoms. The van der Waals surface area contributed by atoms with Gasteiger partial charge in [0.15, 0.2) is 0 Å². The SMILES string of the molecule is NCCc1ccc(CNS(=O)(=O)c2cn[nH]c2)cc1. The number of rotatable bonds is 6. The predicted molar refractivity (Wildman–Crippen MR) is 71.8 cm³/mol. The van der Waals surface area contributed by atoms with E-state index >= 15 is 0 Å². The van der Waals surface area contributed by atoms with E-state index in [4.69, 9.17) is 5.73 Å². The molecule has 6 nitrogen and oxygen atoms in total. The van der Waals surface area contributed by atoms with E-state index in [2.05, 4.69) is 14.9 Å². The second-order valence-corrected chi connectivity index (χ2v) is 5.88. The first-order valence-corrected chi connectivity index (χ1v) is 7.36. The van der Waals surface area contributed by atoms with E-state index in [1.54, 1.807) is 0 Å². The van der Waals surface area contributed by atoms with Gasteiger partial charge in [-0.3, -0.25) is 5.10 Å². The molecule has 2 aromatic rings. The summed E-state index contributed by atoms with van der Waals surface area (Å²) in [6.07, 6.45) is 3.43. The largest absolute Gasteiger partial charge is 0.330 e. The van der Waals surface area contributed by atoms with Gasteiger partial charge >= 0.3 is 0 Å². The molecular weight excluding hydrogens is 264 g/mol. The van der Waals surface area contributed by atoms with Crippen molar-refractivity contribution in [3.8, 4) is 0 Å². The van der Waals surface area contributed by atoms with Crippen LogP contribution in [0.2, 0.25) is 0 Å². The van der Waals surface area contributed by atoms with Gasteiger partial charge in [0.05, 0.1) is 6.20 Å². The molecule has 102 valence electrons. The molecule has 0 saturated carbocycles. The van der Waals surface area contributed by atoms with Gasteiger partial charge < -0.3 is 5.73 Å². The van der Waals surface area contributed by atoms with Crippen molar-refractivity contribution >= 4 is 10.0 Å². The Balaban J connectivity index is 1.99. The summed E-state index contributed by atoms with van der Waals surface area (Å²) in [6.45, 7) is 0.850. The Labute approximate surface area is 112 Å². The molecule has 4 N–H and O–H groups in total. The van der Waals surface area contributed by atoms with Crippen molar-refractivity contribution in [1.82, 2.24) is 14.9 Å². The van der Waals surface area contributed by atoms with Crippen molar-refractivity contribution in [3.63, 3.8) is 0 Å². The van der Waals surface area contributed by atoms with Crippen LogP contribution >= 0.6 is 0 Å². The normalized spacial score (nSPS) is 11.6. The number of aromatic amines is 1. The molecule has 0 amide bonds. The quantitative estimate of drug-likeness (QED) is 0.712. The molecule has 0 spiro atoms. The molecule has 0 atom stereocenters. The van der Waals surface area contributed by atoms with E-state index in [1.807, 2.05) is 24.3 Å². The number of benzene rings is 1. The predicted octanol–water partition coefficient (Wildman–Crippen LogP) is 0.389. The molecular formula is C12H16N4O2S. The fourth-order valence-corrected chi connectivity index (χ4v) is 2.56. The molecule has 0 aliphatic rings. The van der Waals surface area contributed by atoms with E-state index in [0.717, 1.165) is 17.5 Å². The summed E-state index contributed by atoms with van der Waals surface area (Å²) in [7, 11) is -3.50. The number of nitrogens with one attached hydrogen (secondary N) is 2. The third-order valence-electron chi connectivity index (χ3n) is 2.71. The fraction of sp³-hybridized carbons (Fsp3) is 0.250. The minimum Gasteiger partial charge on any atom is -0.330 e. The van der Waals surface area contributed by atoms with Crippen LogP contribution in [0, 0.1) is 0 Å².